The Balaban J connectivity index is 1.98. The van der Waals surface area contributed by atoms with E-state index < -0.39 is 0 Å². The van der Waals surface area contributed by atoms with Crippen LogP contribution in [-0.4, -0.2) is 14.3 Å². The van der Waals surface area contributed by atoms with Gasteiger partial charge < -0.3 is 0 Å². The Morgan fingerprint density at radius 1 is 1.43 bits per heavy atom. The molecule has 0 atom stereocenters. The summed E-state index contributed by atoms with van der Waals surface area (Å²) in [5.74, 6) is 0. The smallest absolute Gasteiger partial charge is 0.212 e. The molecule has 14 heavy (non-hydrogen) atoms. The predicted octanol–water partition coefficient (Wildman–Crippen LogP) is 2.81. The molecule has 4 nitrogen and oxygen atoms in total. The second kappa shape index (κ2) is 4.72. The maximum atomic E-state index is 4.25. The lowest BCUT2D eigenvalue weighted by atomic mass is 10.5. The first-order valence-corrected chi connectivity index (χ1v) is 6.05. The fourth-order valence-corrected chi connectivity index (χ4v) is 2.32. The summed E-state index contributed by atoms with van der Waals surface area (Å²) in [4.78, 5) is 8.24. The third-order valence-electron chi connectivity index (χ3n) is 1.29. The molecule has 0 fully saturated rings. The minimum Gasteiger partial charge on any atom is -0.299 e. The largest absolute Gasteiger partial charge is 0.299 e. The molecule has 0 aliphatic heterocycles. The number of hydrogen-bond acceptors (Lipinski definition) is 6. The first-order chi connectivity index (χ1) is 6.84. The van der Waals surface area contributed by atoms with Crippen molar-refractivity contribution >= 4 is 44.5 Å². The van der Waals surface area contributed by atoms with E-state index >= 15 is 0 Å². The van der Waals surface area contributed by atoms with Crippen LogP contribution in [0.4, 0.5) is 5.13 Å². The zero-order chi connectivity index (χ0) is 9.80. The van der Waals surface area contributed by atoms with Gasteiger partial charge in [0, 0.05) is 23.5 Å². The monoisotopic (exact) mass is 288 g/mol. The van der Waals surface area contributed by atoms with Crippen molar-refractivity contribution in [2.75, 3.05) is 4.72 Å². The lowest BCUT2D eigenvalue weighted by Gasteiger charge is -1.99. The molecule has 2 aromatic rings. The molecule has 2 aromatic heterocycles. The first kappa shape index (κ1) is 9.88. The number of nitrogens with zero attached hydrogens (tertiary/aromatic N) is 3. The molecule has 0 bridgehead atoms. The highest BCUT2D eigenvalue weighted by Gasteiger charge is 1.98. The Bertz CT molecular complexity index is 406. The minimum absolute atomic E-state index is 0.775. The highest BCUT2D eigenvalue weighted by atomic mass is 79.9. The van der Waals surface area contributed by atoms with Gasteiger partial charge in [-0.3, -0.25) is 4.72 Å². The second-order valence-corrected chi connectivity index (χ2v) is 4.67. The van der Waals surface area contributed by atoms with Crippen molar-refractivity contribution in [3.05, 3.63) is 29.1 Å². The Hall–Kier alpha value is -0.660. The van der Waals surface area contributed by atoms with Gasteiger partial charge in [0.05, 0.1) is 0 Å². The molecule has 7 heteroatoms. The molecule has 0 radical (unpaired) electrons. The fraction of sp³-hybridized carbons (Fsp3) is 0. The van der Waals surface area contributed by atoms with Gasteiger partial charge in [-0.25, -0.2) is 9.97 Å². The van der Waals surface area contributed by atoms with Crippen molar-refractivity contribution in [2.45, 2.75) is 5.03 Å². The topological polar surface area (TPSA) is 50.7 Å². The van der Waals surface area contributed by atoms with Crippen molar-refractivity contribution in [1.29, 1.82) is 0 Å². The van der Waals surface area contributed by atoms with Crippen molar-refractivity contribution < 1.29 is 0 Å². The van der Waals surface area contributed by atoms with Crippen LogP contribution in [0.15, 0.2) is 34.2 Å². The summed E-state index contributed by atoms with van der Waals surface area (Å²) in [7, 11) is 0. The SMILES string of the molecule is Brc1cccc(SNc2ncns2)n1. The van der Waals surface area contributed by atoms with E-state index in [1.54, 1.807) is 0 Å². The summed E-state index contributed by atoms with van der Waals surface area (Å²) >= 11 is 6.03. The molecule has 2 rings (SSSR count). The molecule has 0 aliphatic carbocycles. The molecule has 0 saturated carbocycles. The van der Waals surface area contributed by atoms with Crippen LogP contribution < -0.4 is 4.72 Å². The van der Waals surface area contributed by atoms with Gasteiger partial charge in [0.2, 0.25) is 5.13 Å². The van der Waals surface area contributed by atoms with Gasteiger partial charge in [-0.1, -0.05) is 6.07 Å². The Morgan fingerprint density at radius 3 is 3.07 bits per heavy atom. The molecule has 0 spiro atoms. The molecule has 0 aromatic carbocycles. The average molecular weight is 289 g/mol. The summed E-state index contributed by atoms with van der Waals surface area (Å²) in [6.45, 7) is 0. The Morgan fingerprint density at radius 2 is 2.36 bits per heavy atom. The van der Waals surface area contributed by atoms with Gasteiger partial charge in [-0.2, -0.15) is 4.37 Å². The van der Waals surface area contributed by atoms with Crippen LogP contribution in [0, 0.1) is 0 Å². The van der Waals surface area contributed by atoms with E-state index in [0.29, 0.717) is 0 Å². The zero-order valence-electron chi connectivity index (χ0n) is 6.85. The van der Waals surface area contributed by atoms with Crippen LogP contribution in [0.5, 0.6) is 0 Å². The van der Waals surface area contributed by atoms with Crippen molar-refractivity contribution in [3.63, 3.8) is 0 Å². The lowest BCUT2D eigenvalue weighted by molar-refractivity contribution is 1.10. The third kappa shape index (κ3) is 2.66. The molecule has 0 aliphatic rings. The molecule has 72 valence electrons. The number of nitrogens with one attached hydrogen (secondary N) is 1. The van der Waals surface area contributed by atoms with Crippen LogP contribution >= 0.6 is 39.4 Å². The highest BCUT2D eigenvalue weighted by Crippen LogP contribution is 2.20. The van der Waals surface area contributed by atoms with Gasteiger partial charge in [0.1, 0.15) is 16.0 Å². The highest BCUT2D eigenvalue weighted by molar-refractivity contribution is 9.10. The second-order valence-electron chi connectivity index (χ2n) is 2.25. The zero-order valence-corrected chi connectivity index (χ0v) is 10.1. The number of pyridine rings is 1. The van der Waals surface area contributed by atoms with Gasteiger partial charge in [-0.05, 0) is 28.1 Å². The molecule has 2 heterocycles. The Labute approximate surface area is 97.6 Å². The number of hydrogen-bond donors (Lipinski definition) is 1. The van der Waals surface area contributed by atoms with Crippen LogP contribution in [0.2, 0.25) is 0 Å². The molecular weight excluding hydrogens is 284 g/mol. The maximum absolute atomic E-state index is 4.25. The van der Waals surface area contributed by atoms with E-state index in [-0.39, 0.29) is 0 Å². The lowest BCUT2D eigenvalue weighted by Crippen LogP contribution is -1.87. The van der Waals surface area contributed by atoms with Gasteiger partial charge >= 0.3 is 0 Å². The van der Waals surface area contributed by atoms with Crippen LogP contribution in [0.3, 0.4) is 0 Å². The third-order valence-corrected chi connectivity index (χ3v) is 3.18. The molecule has 1 N–H and O–H groups in total. The minimum atomic E-state index is 0.775. The Kier molecular flexibility index (Phi) is 3.33. The summed E-state index contributed by atoms with van der Waals surface area (Å²) in [5.41, 5.74) is 0. The van der Waals surface area contributed by atoms with E-state index in [9.17, 15) is 0 Å². The summed E-state index contributed by atoms with van der Waals surface area (Å²) in [5, 5.41) is 1.66. The van der Waals surface area contributed by atoms with Crippen molar-refractivity contribution in [3.8, 4) is 0 Å². The normalized spacial score (nSPS) is 10.1. The quantitative estimate of drug-likeness (QED) is 0.695. The number of halogens is 1. The summed E-state index contributed by atoms with van der Waals surface area (Å²) in [6, 6.07) is 5.74. The van der Waals surface area contributed by atoms with Gasteiger partial charge in [0.25, 0.3) is 0 Å². The van der Waals surface area contributed by atoms with Crippen LogP contribution in [0.1, 0.15) is 0 Å². The van der Waals surface area contributed by atoms with Crippen LogP contribution in [0.25, 0.3) is 0 Å². The summed E-state index contributed by atoms with van der Waals surface area (Å²) < 4.78 is 7.74. The number of rotatable bonds is 3. The molecular formula is C7H5BrN4S2. The van der Waals surface area contributed by atoms with E-state index in [2.05, 4.69) is 35.0 Å². The van der Waals surface area contributed by atoms with Gasteiger partial charge in [0.15, 0.2) is 0 Å². The van der Waals surface area contributed by atoms with E-state index in [1.165, 1.54) is 29.8 Å². The maximum Gasteiger partial charge on any atom is 0.212 e. The molecule has 0 amide bonds. The first-order valence-electron chi connectivity index (χ1n) is 3.67. The van der Waals surface area contributed by atoms with Crippen LogP contribution in [-0.2, 0) is 0 Å². The van der Waals surface area contributed by atoms with Gasteiger partial charge in [-0.15, -0.1) is 0 Å². The number of anilines is 1. The average Bonchev–Trinajstić information content (AvgIpc) is 2.67. The molecule has 0 saturated heterocycles. The van der Waals surface area contributed by atoms with Crippen molar-refractivity contribution in [2.24, 2.45) is 0 Å². The fourth-order valence-electron chi connectivity index (χ4n) is 0.760. The summed E-state index contributed by atoms with van der Waals surface area (Å²) in [6.07, 6.45) is 1.52. The number of aromatic nitrogens is 3. The standard InChI is InChI=1S/C7H5BrN4S2/c8-5-2-1-3-6(11-5)13-12-7-9-4-10-14-7/h1-4H,(H,9,10,12). The van der Waals surface area contributed by atoms with E-state index in [1.807, 2.05) is 18.2 Å². The molecule has 0 unspecified atom stereocenters. The van der Waals surface area contributed by atoms with E-state index in [4.69, 9.17) is 0 Å². The van der Waals surface area contributed by atoms with Crippen molar-refractivity contribution in [1.82, 2.24) is 14.3 Å². The predicted molar refractivity (Wildman–Crippen MR) is 61.3 cm³/mol. The van der Waals surface area contributed by atoms with E-state index in [0.717, 1.165) is 14.8 Å².